The van der Waals surface area contributed by atoms with E-state index in [1.54, 1.807) is 24.3 Å². The summed E-state index contributed by atoms with van der Waals surface area (Å²) in [6.45, 7) is 0.738. The number of hydrogen-bond acceptors (Lipinski definition) is 13. The summed E-state index contributed by atoms with van der Waals surface area (Å²) < 4.78 is 75.6. The third-order valence-electron chi connectivity index (χ3n) is 5.07. The number of carbonyl (C=O) groups excluding carboxylic acids is 3. The molecule has 3 N–H and O–H groups in total. The molecule has 3 aromatic rings. The Morgan fingerprint density at radius 1 is 0.837 bits per heavy atom. The zero-order chi connectivity index (χ0) is 29.7. The molecule has 43 heavy (non-hydrogen) atoms. The van der Waals surface area contributed by atoms with E-state index in [4.69, 9.17) is 0 Å². The molecule has 0 aliphatic heterocycles. The van der Waals surface area contributed by atoms with Gasteiger partial charge in [0.2, 0.25) is 17.7 Å². The molecule has 0 saturated carbocycles. The largest absolute Gasteiger partial charge is 1.00 e. The summed E-state index contributed by atoms with van der Waals surface area (Å²) in [5, 5.41) is 19.3. The van der Waals surface area contributed by atoms with Crippen molar-refractivity contribution < 1.29 is 144 Å². The molecule has 3 amide bonds. The standard InChI is InChI=1S/C22H21N3O12S3.3Na/c1-12(26)24-14-4-2-13(3-5-14)8-20(27)23-11-21(28)25-17-6-7-18(39(30,31)32)16-9-15(38-37-36-29)10-19(22(16)17)40(33,34)35;;;/h2-7,9-10,29H,8,11H2,1H3,(H,23,27)(H,24,26)(H,25,28)(H,30,31,32)(H,33,34,35);;;/q;3*+1/p-3. The van der Waals surface area contributed by atoms with E-state index in [-0.39, 0.29) is 124 Å². The number of hydrogen-bond donors (Lipinski definition) is 3. The first-order chi connectivity index (χ1) is 18.7. The molecule has 0 bridgehead atoms. The molecular weight excluding hydrogens is 663 g/mol. The third-order valence-corrected chi connectivity index (χ3v) is 7.37. The van der Waals surface area contributed by atoms with E-state index < -0.39 is 59.2 Å². The summed E-state index contributed by atoms with van der Waals surface area (Å²) >= 11 is 0.132. The van der Waals surface area contributed by atoms with Gasteiger partial charge in [-0.05, 0) is 42.0 Å². The molecule has 0 saturated heterocycles. The fraction of sp³-hybridized carbons (Fsp3) is 0.136. The Morgan fingerprint density at radius 3 is 1.98 bits per heavy atom. The van der Waals surface area contributed by atoms with Crippen molar-refractivity contribution in [1.29, 1.82) is 0 Å². The topological polar surface area (TPSA) is 243 Å². The quantitative estimate of drug-likeness (QED) is 0.0561. The van der Waals surface area contributed by atoms with Crippen LogP contribution in [-0.4, -0.2) is 50.2 Å². The maximum atomic E-state index is 12.6. The van der Waals surface area contributed by atoms with Gasteiger partial charge in [0.15, 0.2) is 0 Å². The van der Waals surface area contributed by atoms with Gasteiger partial charge in [-0.3, -0.25) is 19.4 Å². The molecule has 0 aromatic heterocycles. The van der Waals surface area contributed by atoms with Crippen molar-refractivity contribution in [2.24, 2.45) is 0 Å². The van der Waals surface area contributed by atoms with Gasteiger partial charge in [0, 0.05) is 34.0 Å². The Balaban J connectivity index is 0.00000588. The maximum Gasteiger partial charge on any atom is 1.00 e. The molecule has 0 radical (unpaired) electrons. The number of benzene rings is 3. The van der Waals surface area contributed by atoms with Gasteiger partial charge in [0.1, 0.15) is 20.2 Å². The fourth-order valence-electron chi connectivity index (χ4n) is 3.55. The van der Waals surface area contributed by atoms with Gasteiger partial charge in [-0.2, -0.15) is 4.33 Å². The number of rotatable bonds is 11. The second kappa shape index (κ2) is 18.5. The Bertz CT molecular complexity index is 1690. The monoisotopic (exact) mass is 681 g/mol. The summed E-state index contributed by atoms with van der Waals surface area (Å²) in [6, 6.07) is 9.70. The van der Waals surface area contributed by atoms with Crippen molar-refractivity contribution in [3.05, 3.63) is 54.1 Å². The van der Waals surface area contributed by atoms with Crippen LogP contribution in [-0.2, 0) is 50.4 Å². The summed E-state index contributed by atoms with van der Waals surface area (Å²) in [4.78, 5) is 33.7. The van der Waals surface area contributed by atoms with Gasteiger partial charge in [0.05, 0.1) is 34.8 Å². The van der Waals surface area contributed by atoms with Crippen molar-refractivity contribution in [3.8, 4) is 0 Å². The minimum Gasteiger partial charge on any atom is -0.744 e. The van der Waals surface area contributed by atoms with E-state index in [1.807, 2.05) is 0 Å². The van der Waals surface area contributed by atoms with Crippen molar-refractivity contribution in [1.82, 2.24) is 5.32 Å². The van der Waals surface area contributed by atoms with Crippen LogP contribution < -0.4 is 110 Å². The predicted molar refractivity (Wildman–Crippen MR) is 134 cm³/mol. The number of nitrogens with one attached hydrogen (secondary N) is 3. The molecule has 3 rings (SSSR count). The molecule has 21 heteroatoms. The Morgan fingerprint density at radius 2 is 1.44 bits per heavy atom. The first-order valence-corrected chi connectivity index (χ1v) is 14.3. The minimum absolute atomic E-state index is 0. The Labute approximate surface area is 316 Å². The van der Waals surface area contributed by atoms with Crippen LogP contribution in [0.15, 0.2) is 63.2 Å². The van der Waals surface area contributed by atoms with Crippen molar-refractivity contribution >= 4 is 72.1 Å². The normalized spacial score (nSPS) is 10.9. The predicted octanol–water partition coefficient (Wildman–Crippen LogP) is -8.85. The number of carbonyl (C=O) groups is 3. The van der Waals surface area contributed by atoms with E-state index in [2.05, 4.69) is 25.3 Å². The maximum absolute atomic E-state index is 12.6. The molecule has 3 aromatic carbocycles. The van der Waals surface area contributed by atoms with Gasteiger partial charge in [-0.1, -0.05) is 12.1 Å². The first-order valence-electron chi connectivity index (χ1n) is 10.8. The Kier molecular flexibility index (Phi) is 18.2. The van der Waals surface area contributed by atoms with Crippen LogP contribution in [0.2, 0.25) is 0 Å². The van der Waals surface area contributed by atoms with Crippen LogP contribution >= 0.6 is 12.0 Å². The number of anilines is 2. The minimum atomic E-state index is -5.35. The fourth-order valence-corrected chi connectivity index (χ4v) is 5.46. The summed E-state index contributed by atoms with van der Waals surface area (Å²) in [6.07, 6.45) is -0.124. The zero-order valence-electron chi connectivity index (χ0n) is 23.2. The molecule has 0 unspecified atom stereocenters. The molecule has 15 nitrogen and oxygen atoms in total. The van der Waals surface area contributed by atoms with E-state index in [0.717, 1.165) is 24.3 Å². The van der Waals surface area contributed by atoms with Crippen LogP contribution in [0.1, 0.15) is 12.5 Å². The van der Waals surface area contributed by atoms with E-state index >= 15 is 0 Å². The summed E-state index contributed by atoms with van der Waals surface area (Å²) in [5.41, 5.74) is 0.732. The van der Waals surface area contributed by atoms with Crippen LogP contribution in [0.4, 0.5) is 11.4 Å². The van der Waals surface area contributed by atoms with Gasteiger partial charge in [-0.25, -0.2) is 16.8 Å². The second-order valence-electron chi connectivity index (χ2n) is 7.96. The van der Waals surface area contributed by atoms with Crippen LogP contribution in [0.3, 0.4) is 0 Å². The van der Waals surface area contributed by atoms with Gasteiger partial charge >= 0.3 is 88.7 Å². The molecule has 0 fully saturated rings. The Hall–Kier alpha value is -0.620. The van der Waals surface area contributed by atoms with Gasteiger partial charge in [0.25, 0.3) is 0 Å². The SMILES string of the molecule is CC(=O)Nc1ccc(CC(=O)NCC(=O)Nc2ccc(S(=O)(=O)[O-])c3cc(SOO[O-])cc(S(=O)(=O)[O-])c23)cc1.[Na+].[Na+].[Na+]. The molecule has 0 spiro atoms. The molecule has 0 aliphatic carbocycles. The number of fused-ring (bicyclic) bond motifs is 1. The zero-order valence-corrected chi connectivity index (χ0v) is 31.6. The van der Waals surface area contributed by atoms with E-state index in [9.17, 15) is 45.6 Å². The van der Waals surface area contributed by atoms with Gasteiger partial charge in [-0.15, -0.1) is 0 Å². The van der Waals surface area contributed by atoms with Gasteiger partial charge < -0.3 is 30.3 Å². The van der Waals surface area contributed by atoms with E-state index in [0.29, 0.717) is 11.3 Å². The molecule has 0 heterocycles. The molecule has 0 atom stereocenters. The smallest absolute Gasteiger partial charge is 0.744 e. The van der Waals surface area contributed by atoms with Crippen molar-refractivity contribution in [3.63, 3.8) is 0 Å². The van der Waals surface area contributed by atoms with Crippen LogP contribution in [0.5, 0.6) is 0 Å². The summed E-state index contributed by atoms with van der Waals surface area (Å²) in [5.74, 6) is -1.72. The molecule has 214 valence electrons. The second-order valence-corrected chi connectivity index (χ2v) is 11.4. The van der Waals surface area contributed by atoms with Crippen LogP contribution in [0, 0.1) is 0 Å². The first kappa shape index (κ1) is 42.4. The van der Waals surface area contributed by atoms with Crippen LogP contribution in [0.25, 0.3) is 10.8 Å². The molecular formula is C22H18N3Na3O12S3. The average Bonchev–Trinajstić information content (AvgIpc) is 2.85. The number of amides is 3. The molecule has 0 aliphatic rings. The van der Waals surface area contributed by atoms with E-state index in [1.165, 1.54) is 6.92 Å². The summed E-state index contributed by atoms with van der Waals surface area (Å²) in [7, 11) is -10.6. The van der Waals surface area contributed by atoms with Crippen molar-refractivity contribution in [2.45, 2.75) is 28.0 Å². The average molecular weight is 682 g/mol. The third kappa shape index (κ3) is 12.6. The van der Waals surface area contributed by atoms with Crippen molar-refractivity contribution in [2.75, 3.05) is 17.2 Å².